The van der Waals surface area contributed by atoms with Gasteiger partial charge in [-0.2, -0.15) is 0 Å². The molecule has 45 heavy (non-hydrogen) atoms. The first-order valence-electron chi connectivity index (χ1n) is 13.8. The molecule has 6 N–H and O–H groups in total. The summed E-state index contributed by atoms with van der Waals surface area (Å²) >= 11 is 0. The SMILES string of the molecule is CCC(=O)OCC(COP(=O)(O)OCCCC(=O)COCCOCC(=O)NCCCC(O)(P(C)(=O)O)P(=O)(O)O)OC(=O)CC. The van der Waals surface area contributed by atoms with Gasteiger partial charge in [0.2, 0.25) is 18.4 Å². The van der Waals surface area contributed by atoms with Crippen molar-refractivity contribution in [2.75, 3.05) is 59.5 Å². The Labute approximate surface area is 260 Å². The second-order valence-electron chi connectivity index (χ2n) is 9.50. The number of carbonyl (C=O) groups is 4. The van der Waals surface area contributed by atoms with Crippen LogP contribution in [0.3, 0.4) is 0 Å². The molecule has 0 aromatic carbocycles. The molecule has 0 aromatic heterocycles. The van der Waals surface area contributed by atoms with E-state index in [2.05, 4.69) is 5.32 Å². The molecule has 4 atom stereocenters. The molecule has 4 unspecified atom stereocenters. The van der Waals surface area contributed by atoms with E-state index in [9.17, 15) is 57.6 Å². The van der Waals surface area contributed by atoms with Gasteiger partial charge >= 0.3 is 27.4 Å². The van der Waals surface area contributed by atoms with E-state index in [0.717, 1.165) is 0 Å². The molecule has 264 valence electrons. The van der Waals surface area contributed by atoms with E-state index in [1.807, 2.05) is 0 Å². The highest BCUT2D eigenvalue weighted by Gasteiger charge is 2.56. The molecule has 0 fully saturated rings. The number of phosphoric acid groups is 1. The monoisotopic (exact) mass is 715 g/mol. The van der Waals surface area contributed by atoms with Crippen LogP contribution < -0.4 is 5.32 Å². The number of hydrogen-bond donors (Lipinski definition) is 6. The summed E-state index contributed by atoms with van der Waals surface area (Å²) in [7, 11) is -14.5. The number of amides is 1. The Kier molecular flexibility index (Phi) is 20.6. The van der Waals surface area contributed by atoms with E-state index in [-0.39, 0.29) is 77.5 Å². The Hall–Kier alpha value is -1.59. The minimum Gasteiger partial charge on any atom is -0.462 e. The molecule has 0 saturated heterocycles. The predicted molar refractivity (Wildman–Crippen MR) is 154 cm³/mol. The van der Waals surface area contributed by atoms with E-state index in [1.54, 1.807) is 6.92 Å². The molecule has 19 nitrogen and oxygen atoms in total. The molecule has 0 radical (unpaired) electrons. The maximum absolute atomic E-state index is 12.1. The summed E-state index contributed by atoms with van der Waals surface area (Å²) < 4.78 is 64.9. The second kappa shape index (κ2) is 21.3. The third-order valence-corrected chi connectivity index (χ3v) is 11.2. The normalized spacial score (nSPS) is 16.4. The van der Waals surface area contributed by atoms with Crippen LogP contribution in [-0.2, 0) is 60.9 Å². The van der Waals surface area contributed by atoms with Crippen molar-refractivity contribution in [2.24, 2.45) is 0 Å². The topological polar surface area (TPSA) is 288 Å². The van der Waals surface area contributed by atoms with E-state index < -0.39 is 71.5 Å². The number of ketones is 1. The molecular formula is C23H44NO18P3. The zero-order chi connectivity index (χ0) is 34.7. The van der Waals surface area contributed by atoms with Crippen LogP contribution in [0, 0.1) is 0 Å². The molecule has 0 aliphatic heterocycles. The number of ether oxygens (including phenoxy) is 4. The van der Waals surface area contributed by atoms with Gasteiger partial charge in [0.05, 0.1) is 26.4 Å². The van der Waals surface area contributed by atoms with Crippen LogP contribution in [0.2, 0.25) is 0 Å². The highest BCUT2D eigenvalue weighted by Crippen LogP contribution is 2.69. The summed E-state index contributed by atoms with van der Waals surface area (Å²) in [6, 6.07) is 0. The van der Waals surface area contributed by atoms with Crippen LogP contribution in [0.1, 0.15) is 52.4 Å². The smallest absolute Gasteiger partial charge is 0.462 e. The van der Waals surface area contributed by atoms with Crippen molar-refractivity contribution >= 4 is 46.4 Å². The number of phosphoric ester groups is 1. The van der Waals surface area contributed by atoms with Crippen molar-refractivity contribution in [2.45, 2.75) is 63.6 Å². The first-order chi connectivity index (χ1) is 20.8. The van der Waals surface area contributed by atoms with Crippen molar-refractivity contribution in [3.05, 3.63) is 0 Å². The number of rotatable bonds is 26. The van der Waals surface area contributed by atoms with E-state index in [4.69, 9.17) is 28.0 Å². The molecule has 0 saturated carbocycles. The Morgan fingerprint density at radius 2 is 1.42 bits per heavy atom. The van der Waals surface area contributed by atoms with Gasteiger partial charge in [-0.1, -0.05) is 13.8 Å². The van der Waals surface area contributed by atoms with Gasteiger partial charge in [0, 0.05) is 32.5 Å². The number of nitrogens with one attached hydrogen (secondary N) is 1. The number of hydrogen-bond acceptors (Lipinski definition) is 14. The molecule has 0 aliphatic carbocycles. The van der Waals surface area contributed by atoms with Crippen LogP contribution in [-0.4, -0.2) is 119 Å². The van der Waals surface area contributed by atoms with Crippen LogP contribution in [0.15, 0.2) is 0 Å². The summed E-state index contributed by atoms with van der Waals surface area (Å²) in [5.74, 6) is -2.17. The molecule has 22 heteroatoms. The molecule has 0 bridgehead atoms. The highest BCUT2D eigenvalue weighted by molar-refractivity contribution is 7.74. The Balaban J connectivity index is 4.13. The van der Waals surface area contributed by atoms with E-state index >= 15 is 0 Å². The summed E-state index contributed by atoms with van der Waals surface area (Å²) in [5, 5.41) is 9.23. The van der Waals surface area contributed by atoms with Gasteiger partial charge in [0.1, 0.15) is 19.8 Å². The lowest BCUT2D eigenvalue weighted by Crippen LogP contribution is -2.32. The van der Waals surface area contributed by atoms with E-state index in [0.29, 0.717) is 6.66 Å². The largest absolute Gasteiger partial charge is 0.472 e. The summed E-state index contributed by atoms with van der Waals surface area (Å²) in [6.45, 7) is 1.43. The van der Waals surface area contributed by atoms with Crippen molar-refractivity contribution in [3.63, 3.8) is 0 Å². The van der Waals surface area contributed by atoms with Crippen LogP contribution in [0.4, 0.5) is 0 Å². The molecule has 1 amide bonds. The van der Waals surface area contributed by atoms with Crippen molar-refractivity contribution in [1.29, 1.82) is 0 Å². The predicted octanol–water partition coefficient (Wildman–Crippen LogP) is 0.398. The fraction of sp³-hybridized carbons (Fsp3) is 0.826. The van der Waals surface area contributed by atoms with Crippen molar-refractivity contribution < 1.29 is 85.5 Å². The quantitative estimate of drug-likeness (QED) is 0.0401. The van der Waals surface area contributed by atoms with Crippen LogP contribution >= 0.6 is 22.8 Å². The Morgan fingerprint density at radius 3 is 1.98 bits per heavy atom. The average Bonchev–Trinajstić information content (AvgIpc) is 2.94. The highest BCUT2D eigenvalue weighted by atomic mass is 31.2. The average molecular weight is 716 g/mol. The number of Topliss-reactive ketones (excluding diaryl/α,β-unsaturated/α-hetero) is 1. The minimum atomic E-state index is -5.33. The summed E-state index contributed by atoms with van der Waals surface area (Å²) in [4.78, 5) is 84.3. The number of aliphatic hydroxyl groups is 1. The molecule has 0 spiro atoms. The molecule has 0 heterocycles. The maximum atomic E-state index is 12.1. The van der Waals surface area contributed by atoms with Gasteiger partial charge in [-0.05, 0) is 19.3 Å². The first-order valence-corrected chi connectivity index (χ1v) is 19.0. The lowest BCUT2D eigenvalue weighted by Gasteiger charge is -2.30. The second-order valence-corrected chi connectivity index (χ2v) is 15.6. The van der Waals surface area contributed by atoms with Gasteiger partial charge < -0.3 is 48.9 Å². The van der Waals surface area contributed by atoms with Crippen LogP contribution in [0.5, 0.6) is 0 Å². The lowest BCUT2D eigenvalue weighted by atomic mass is 10.2. The molecule has 0 rings (SSSR count). The van der Waals surface area contributed by atoms with Gasteiger partial charge in [0.15, 0.2) is 11.9 Å². The zero-order valence-corrected chi connectivity index (χ0v) is 28.0. The molecular weight excluding hydrogens is 671 g/mol. The molecule has 0 aliphatic rings. The van der Waals surface area contributed by atoms with Gasteiger partial charge in [0.25, 0.3) is 0 Å². The van der Waals surface area contributed by atoms with Gasteiger partial charge in [-0.25, -0.2) is 4.57 Å². The lowest BCUT2D eigenvalue weighted by molar-refractivity contribution is -0.160. The maximum Gasteiger partial charge on any atom is 0.472 e. The standard InChI is InChI=1S/C23H44NO18P3/c1-4-21(27)39-15-19(42-22(28)5-2)16-41-45(35,36)40-11-6-8-18(25)14-37-12-13-38-17-20(26)24-10-7-9-23(29,43(3,30)31)44(32,33)34/h19,29H,4-17H2,1-3H3,(H,24,26)(H,30,31)(H,35,36)(H2,32,33,34). The van der Waals surface area contributed by atoms with Gasteiger partial charge in [-0.15, -0.1) is 0 Å². The third kappa shape index (κ3) is 19.0. The Morgan fingerprint density at radius 1 is 0.822 bits per heavy atom. The fourth-order valence-corrected chi connectivity index (χ4v) is 6.82. The fourth-order valence-electron chi connectivity index (χ4n) is 3.08. The molecule has 0 aromatic rings. The van der Waals surface area contributed by atoms with E-state index in [1.165, 1.54) is 6.92 Å². The summed E-state index contributed by atoms with van der Waals surface area (Å²) in [5.41, 5.74) is 0. The van der Waals surface area contributed by atoms with Crippen molar-refractivity contribution in [1.82, 2.24) is 5.32 Å². The van der Waals surface area contributed by atoms with Gasteiger partial charge in [-0.3, -0.25) is 37.4 Å². The minimum absolute atomic E-state index is 0.0214. The third-order valence-electron chi connectivity index (χ3n) is 5.59. The number of carbonyl (C=O) groups excluding carboxylic acids is 4. The summed E-state index contributed by atoms with van der Waals surface area (Å²) in [6.07, 6.45) is -1.98. The Bertz CT molecular complexity index is 1070. The van der Waals surface area contributed by atoms with Crippen LogP contribution in [0.25, 0.3) is 0 Å². The zero-order valence-electron chi connectivity index (χ0n) is 25.4. The van der Waals surface area contributed by atoms with Crippen molar-refractivity contribution in [3.8, 4) is 0 Å². The first kappa shape index (κ1) is 43.4. The number of esters is 2.